The summed E-state index contributed by atoms with van der Waals surface area (Å²) in [5.74, 6) is 0.877. The van der Waals surface area contributed by atoms with E-state index in [1.165, 1.54) is 11.1 Å². The molecule has 0 atom stereocenters. The van der Waals surface area contributed by atoms with Gasteiger partial charge in [0.15, 0.2) is 0 Å². The first-order valence-electron chi connectivity index (χ1n) is 6.37. The minimum atomic E-state index is 0.796. The molecular weight excluding hydrogens is 336 g/mol. The molecule has 0 saturated heterocycles. The Kier molecular flexibility index (Phi) is 5.46. The van der Waals surface area contributed by atoms with E-state index >= 15 is 0 Å². The Bertz CT molecular complexity index is 569. The molecule has 0 aliphatic rings. The maximum atomic E-state index is 5.42. The molecule has 0 saturated carbocycles. The SMILES string of the molecule is COc1ccc(CN(C)C)cc1NCc1csc(Br)c1. The smallest absolute Gasteiger partial charge is 0.141 e. The van der Waals surface area contributed by atoms with E-state index in [4.69, 9.17) is 4.74 Å². The van der Waals surface area contributed by atoms with Crippen LogP contribution in [-0.4, -0.2) is 26.1 Å². The zero-order valence-electron chi connectivity index (χ0n) is 11.9. The van der Waals surface area contributed by atoms with E-state index in [-0.39, 0.29) is 0 Å². The summed E-state index contributed by atoms with van der Waals surface area (Å²) in [7, 11) is 5.84. The van der Waals surface area contributed by atoms with Gasteiger partial charge in [-0.3, -0.25) is 0 Å². The summed E-state index contributed by atoms with van der Waals surface area (Å²) in [5, 5.41) is 5.60. The summed E-state index contributed by atoms with van der Waals surface area (Å²) in [6.45, 7) is 1.71. The summed E-state index contributed by atoms with van der Waals surface area (Å²) in [6.07, 6.45) is 0. The van der Waals surface area contributed by atoms with Crippen molar-refractivity contribution in [3.05, 3.63) is 44.6 Å². The topological polar surface area (TPSA) is 24.5 Å². The molecule has 0 aliphatic carbocycles. The lowest BCUT2D eigenvalue weighted by Crippen LogP contribution is -2.11. The van der Waals surface area contributed by atoms with Gasteiger partial charge in [-0.05, 0) is 64.7 Å². The Balaban J connectivity index is 2.11. The minimum Gasteiger partial charge on any atom is -0.495 e. The zero-order chi connectivity index (χ0) is 14.5. The molecule has 5 heteroatoms. The molecule has 0 spiro atoms. The molecule has 3 nitrogen and oxygen atoms in total. The number of hydrogen-bond acceptors (Lipinski definition) is 4. The molecule has 0 fully saturated rings. The molecular formula is C15H19BrN2OS. The number of benzene rings is 1. The number of nitrogens with zero attached hydrogens (tertiary/aromatic N) is 1. The molecule has 0 aliphatic heterocycles. The summed E-state index contributed by atoms with van der Waals surface area (Å²) < 4.78 is 6.57. The van der Waals surface area contributed by atoms with Crippen molar-refractivity contribution in [2.24, 2.45) is 0 Å². The van der Waals surface area contributed by atoms with E-state index in [0.29, 0.717) is 0 Å². The van der Waals surface area contributed by atoms with Crippen LogP contribution < -0.4 is 10.1 Å². The summed E-state index contributed by atoms with van der Waals surface area (Å²) in [4.78, 5) is 2.15. The van der Waals surface area contributed by atoms with Crippen molar-refractivity contribution in [3.63, 3.8) is 0 Å². The van der Waals surface area contributed by atoms with Crippen LogP contribution in [0.4, 0.5) is 5.69 Å². The Morgan fingerprint density at radius 3 is 2.65 bits per heavy atom. The molecule has 2 aromatic rings. The highest BCUT2D eigenvalue weighted by molar-refractivity contribution is 9.11. The third-order valence-corrected chi connectivity index (χ3v) is 4.42. The molecule has 1 heterocycles. The second-order valence-corrected chi connectivity index (χ2v) is 7.18. The van der Waals surface area contributed by atoms with Gasteiger partial charge in [-0.2, -0.15) is 0 Å². The summed E-state index contributed by atoms with van der Waals surface area (Å²) in [6, 6.07) is 8.41. The van der Waals surface area contributed by atoms with Crippen molar-refractivity contribution in [3.8, 4) is 5.75 Å². The van der Waals surface area contributed by atoms with Gasteiger partial charge in [-0.25, -0.2) is 0 Å². The quantitative estimate of drug-likeness (QED) is 0.841. The number of nitrogens with one attached hydrogen (secondary N) is 1. The van der Waals surface area contributed by atoms with Crippen LogP contribution in [0.25, 0.3) is 0 Å². The van der Waals surface area contributed by atoms with Gasteiger partial charge < -0.3 is 15.0 Å². The highest BCUT2D eigenvalue weighted by atomic mass is 79.9. The second kappa shape index (κ2) is 7.11. The van der Waals surface area contributed by atoms with Crippen molar-refractivity contribution in [1.82, 2.24) is 4.90 Å². The predicted molar refractivity (Wildman–Crippen MR) is 89.7 cm³/mol. The van der Waals surface area contributed by atoms with Crippen molar-refractivity contribution in [2.75, 3.05) is 26.5 Å². The molecule has 108 valence electrons. The molecule has 2 rings (SSSR count). The maximum absolute atomic E-state index is 5.42. The first-order valence-corrected chi connectivity index (χ1v) is 8.04. The normalized spacial score (nSPS) is 10.8. The first kappa shape index (κ1) is 15.4. The lowest BCUT2D eigenvalue weighted by atomic mass is 10.1. The number of thiophene rings is 1. The highest BCUT2D eigenvalue weighted by Gasteiger charge is 2.06. The average Bonchev–Trinajstić information content (AvgIpc) is 2.82. The van der Waals surface area contributed by atoms with Crippen LogP contribution in [0.15, 0.2) is 33.4 Å². The van der Waals surface area contributed by atoms with E-state index in [9.17, 15) is 0 Å². The molecule has 1 aromatic carbocycles. The molecule has 1 N–H and O–H groups in total. The molecule has 20 heavy (non-hydrogen) atoms. The number of rotatable bonds is 6. The highest BCUT2D eigenvalue weighted by Crippen LogP contribution is 2.27. The van der Waals surface area contributed by atoms with E-state index in [0.717, 1.165) is 28.3 Å². The summed E-state index contributed by atoms with van der Waals surface area (Å²) >= 11 is 5.19. The monoisotopic (exact) mass is 354 g/mol. The standard InChI is InChI=1S/C15H19BrN2OS/c1-18(2)9-11-4-5-14(19-3)13(6-11)17-8-12-7-15(16)20-10-12/h4-7,10,17H,8-9H2,1-3H3. The lowest BCUT2D eigenvalue weighted by Gasteiger charge is -2.15. The average molecular weight is 355 g/mol. The van der Waals surface area contributed by atoms with Crippen LogP contribution in [0.3, 0.4) is 0 Å². The molecule has 1 aromatic heterocycles. The number of ether oxygens (including phenoxy) is 1. The first-order chi connectivity index (χ1) is 9.58. The van der Waals surface area contributed by atoms with Crippen LogP contribution in [0.1, 0.15) is 11.1 Å². The van der Waals surface area contributed by atoms with Crippen LogP contribution in [0, 0.1) is 0 Å². The lowest BCUT2D eigenvalue weighted by molar-refractivity contribution is 0.400. The largest absolute Gasteiger partial charge is 0.495 e. The van der Waals surface area contributed by atoms with E-state index in [1.54, 1.807) is 18.4 Å². The number of methoxy groups -OCH3 is 1. The maximum Gasteiger partial charge on any atom is 0.141 e. The van der Waals surface area contributed by atoms with Gasteiger partial charge in [0.1, 0.15) is 5.75 Å². The fraction of sp³-hybridized carbons (Fsp3) is 0.333. The van der Waals surface area contributed by atoms with Gasteiger partial charge >= 0.3 is 0 Å². The fourth-order valence-corrected chi connectivity index (χ4v) is 3.20. The molecule has 0 unspecified atom stereocenters. The van der Waals surface area contributed by atoms with Crippen molar-refractivity contribution in [1.29, 1.82) is 0 Å². The number of halogens is 1. The van der Waals surface area contributed by atoms with Crippen molar-refractivity contribution < 1.29 is 4.74 Å². The van der Waals surface area contributed by atoms with Gasteiger partial charge in [-0.1, -0.05) is 6.07 Å². The third kappa shape index (κ3) is 4.23. The Labute approximate surface area is 132 Å². The minimum absolute atomic E-state index is 0.796. The van der Waals surface area contributed by atoms with E-state index < -0.39 is 0 Å². The zero-order valence-corrected chi connectivity index (χ0v) is 14.3. The third-order valence-electron chi connectivity index (χ3n) is 2.87. The summed E-state index contributed by atoms with van der Waals surface area (Å²) in [5.41, 5.74) is 3.57. The molecule has 0 radical (unpaired) electrons. The number of hydrogen-bond donors (Lipinski definition) is 1. The van der Waals surface area contributed by atoms with Crippen LogP contribution in [0.5, 0.6) is 5.75 Å². The van der Waals surface area contributed by atoms with E-state index in [1.807, 2.05) is 6.07 Å². The fourth-order valence-electron chi connectivity index (χ4n) is 1.99. The molecule has 0 amide bonds. The number of anilines is 1. The predicted octanol–water partition coefficient (Wildman–Crippen LogP) is 4.19. The Morgan fingerprint density at radius 1 is 1.25 bits per heavy atom. The Morgan fingerprint density at radius 2 is 2.05 bits per heavy atom. The van der Waals surface area contributed by atoms with Crippen LogP contribution >= 0.6 is 27.3 Å². The van der Waals surface area contributed by atoms with E-state index in [2.05, 4.69) is 63.8 Å². The van der Waals surface area contributed by atoms with Crippen LogP contribution in [-0.2, 0) is 13.1 Å². The van der Waals surface area contributed by atoms with Gasteiger partial charge in [0.25, 0.3) is 0 Å². The van der Waals surface area contributed by atoms with Crippen molar-refractivity contribution in [2.45, 2.75) is 13.1 Å². The van der Waals surface area contributed by atoms with Gasteiger partial charge in [-0.15, -0.1) is 11.3 Å². The second-order valence-electron chi connectivity index (χ2n) is 4.89. The van der Waals surface area contributed by atoms with Gasteiger partial charge in [0.2, 0.25) is 0 Å². The Hall–Kier alpha value is -1.04. The van der Waals surface area contributed by atoms with Crippen LogP contribution in [0.2, 0.25) is 0 Å². The van der Waals surface area contributed by atoms with Gasteiger partial charge in [0, 0.05) is 13.1 Å². The van der Waals surface area contributed by atoms with Crippen molar-refractivity contribution >= 4 is 33.0 Å². The molecule has 0 bridgehead atoms. The van der Waals surface area contributed by atoms with Gasteiger partial charge in [0.05, 0.1) is 16.6 Å².